The van der Waals surface area contributed by atoms with Crippen molar-refractivity contribution in [1.29, 1.82) is 0 Å². The van der Waals surface area contributed by atoms with Crippen LogP contribution in [-0.2, 0) is 14.3 Å². The van der Waals surface area contributed by atoms with E-state index in [2.05, 4.69) is 48.5 Å². The molecule has 4 nitrogen and oxygen atoms in total. The molecule has 7 fully saturated rings. The largest absolute Gasteiger partial charge is 0.461 e. The number of carbonyl (C=O) groups excluding carboxylic acids is 2. The van der Waals surface area contributed by atoms with Crippen molar-refractivity contribution in [1.82, 2.24) is 0 Å². The van der Waals surface area contributed by atoms with Gasteiger partial charge in [0.1, 0.15) is 12.2 Å². The molecule has 2 saturated heterocycles. The molecule has 8 rings (SSSR count). The molecule has 2 heterocycles. The molecule has 0 unspecified atom stereocenters. The minimum Gasteiger partial charge on any atom is -0.461 e. The number of hydrogen-bond donors (Lipinski definition) is 0. The van der Waals surface area contributed by atoms with Crippen LogP contribution in [0.3, 0.4) is 0 Å². The number of hydrogen-bond acceptors (Lipinski definition) is 4. The number of carbonyl (C=O) groups is 2. The quantitative estimate of drug-likeness (QED) is 0.340. The second kappa shape index (κ2) is 8.63. The van der Waals surface area contributed by atoms with Crippen LogP contribution in [0, 0.1) is 56.2 Å². The first kappa shape index (κ1) is 28.0. The van der Waals surface area contributed by atoms with Crippen LogP contribution >= 0.6 is 0 Å². The lowest BCUT2D eigenvalue weighted by atomic mass is 9.28. The maximum Gasteiger partial charge on any atom is 0.338 e. The van der Waals surface area contributed by atoms with Gasteiger partial charge in [-0.15, -0.1) is 0 Å². The first-order valence-corrected chi connectivity index (χ1v) is 16.7. The summed E-state index contributed by atoms with van der Waals surface area (Å²) >= 11 is 0. The molecule has 2 aliphatic heterocycles. The molecule has 0 aromatic heterocycles. The topological polar surface area (TPSA) is 52.6 Å². The molecule has 11 atom stereocenters. The van der Waals surface area contributed by atoms with Crippen molar-refractivity contribution in [3.63, 3.8) is 0 Å². The van der Waals surface area contributed by atoms with Crippen molar-refractivity contribution >= 4 is 11.9 Å². The second-order valence-corrected chi connectivity index (χ2v) is 17.2. The Balaban J connectivity index is 1.20. The molecule has 224 valence electrons. The average Bonchev–Trinajstić information content (AvgIpc) is 2.92. The summed E-state index contributed by atoms with van der Waals surface area (Å²) < 4.78 is 12.6. The predicted octanol–water partition coefficient (Wildman–Crippen LogP) is 8.63. The van der Waals surface area contributed by atoms with E-state index in [4.69, 9.17) is 9.47 Å². The van der Waals surface area contributed by atoms with Crippen LogP contribution in [0.1, 0.15) is 123 Å². The zero-order chi connectivity index (χ0) is 29.2. The van der Waals surface area contributed by atoms with E-state index < -0.39 is 0 Å². The number of ether oxygens (including phenoxy) is 2. The smallest absolute Gasteiger partial charge is 0.338 e. The van der Waals surface area contributed by atoms with Crippen LogP contribution in [0.5, 0.6) is 0 Å². The van der Waals surface area contributed by atoms with Crippen LogP contribution < -0.4 is 0 Å². The molecule has 0 N–H and O–H groups in total. The lowest BCUT2D eigenvalue weighted by Crippen LogP contribution is -2.77. The van der Waals surface area contributed by atoms with E-state index in [1.54, 1.807) is 0 Å². The Bertz CT molecular complexity index is 1250. The lowest BCUT2D eigenvalue weighted by Gasteiger charge is -2.77. The Labute approximate surface area is 247 Å². The number of rotatable bonds is 2. The van der Waals surface area contributed by atoms with E-state index >= 15 is 0 Å². The Morgan fingerprint density at radius 3 is 2.22 bits per heavy atom. The lowest BCUT2D eigenvalue weighted by molar-refractivity contribution is -0.321. The summed E-state index contributed by atoms with van der Waals surface area (Å²) in [6.45, 7) is 17.3. The zero-order valence-corrected chi connectivity index (χ0v) is 26.6. The Hall–Kier alpha value is -1.84. The van der Waals surface area contributed by atoms with Gasteiger partial charge in [-0.3, -0.25) is 4.79 Å². The predicted molar refractivity (Wildman–Crippen MR) is 160 cm³/mol. The van der Waals surface area contributed by atoms with Crippen molar-refractivity contribution in [2.75, 3.05) is 0 Å². The second-order valence-electron chi connectivity index (χ2n) is 17.2. The normalized spacial score (nSPS) is 51.3. The van der Waals surface area contributed by atoms with Gasteiger partial charge in [0.2, 0.25) is 0 Å². The average molecular weight is 561 g/mol. The summed E-state index contributed by atoms with van der Waals surface area (Å²) in [6, 6.07) is 9.45. The molecule has 1 aromatic rings. The monoisotopic (exact) mass is 560 g/mol. The van der Waals surface area contributed by atoms with Crippen molar-refractivity contribution in [3.05, 3.63) is 35.9 Å². The highest BCUT2D eigenvalue weighted by molar-refractivity contribution is 5.89. The highest BCUT2D eigenvalue weighted by Crippen LogP contribution is 2.80. The molecule has 5 aliphatic carbocycles. The maximum absolute atomic E-state index is 14.2. The summed E-state index contributed by atoms with van der Waals surface area (Å²) in [7, 11) is 0. The molecule has 0 radical (unpaired) electrons. The van der Waals surface area contributed by atoms with Gasteiger partial charge in [-0.2, -0.15) is 0 Å². The highest BCUT2D eigenvalue weighted by Gasteiger charge is 2.79. The molecule has 0 amide bonds. The third-order valence-electron chi connectivity index (χ3n) is 15.3. The van der Waals surface area contributed by atoms with Gasteiger partial charge >= 0.3 is 11.9 Å². The van der Waals surface area contributed by atoms with E-state index in [1.807, 2.05) is 30.3 Å². The van der Waals surface area contributed by atoms with Gasteiger partial charge in [0.15, 0.2) is 0 Å². The Morgan fingerprint density at radius 1 is 0.780 bits per heavy atom. The van der Waals surface area contributed by atoms with Crippen molar-refractivity contribution in [3.8, 4) is 0 Å². The first-order valence-electron chi connectivity index (χ1n) is 16.7. The van der Waals surface area contributed by atoms with Crippen LogP contribution in [0.4, 0.5) is 0 Å². The molecular formula is C37H52O4. The van der Waals surface area contributed by atoms with Gasteiger partial charge < -0.3 is 9.47 Å². The molecule has 1 aromatic carbocycles. The Kier molecular flexibility index (Phi) is 5.88. The third-order valence-corrected chi connectivity index (χ3v) is 15.3. The van der Waals surface area contributed by atoms with E-state index in [9.17, 15) is 9.59 Å². The first-order chi connectivity index (χ1) is 19.2. The van der Waals surface area contributed by atoms with Crippen molar-refractivity contribution < 1.29 is 19.1 Å². The summed E-state index contributed by atoms with van der Waals surface area (Å²) in [5.74, 6) is 1.81. The van der Waals surface area contributed by atoms with Crippen LogP contribution in [0.15, 0.2) is 30.3 Å². The Morgan fingerprint density at radius 2 is 1.49 bits per heavy atom. The van der Waals surface area contributed by atoms with E-state index in [0.29, 0.717) is 29.2 Å². The van der Waals surface area contributed by atoms with Crippen molar-refractivity contribution in [2.24, 2.45) is 56.2 Å². The van der Waals surface area contributed by atoms with E-state index in [0.717, 1.165) is 51.4 Å². The minimum absolute atomic E-state index is 0.0151. The third kappa shape index (κ3) is 3.46. The molecule has 1 spiro atoms. The number of esters is 2. The van der Waals surface area contributed by atoms with Crippen LogP contribution in [-0.4, -0.2) is 24.1 Å². The molecule has 41 heavy (non-hydrogen) atoms. The highest BCUT2D eigenvalue weighted by atomic mass is 16.6. The van der Waals surface area contributed by atoms with Crippen molar-refractivity contribution in [2.45, 2.75) is 125 Å². The van der Waals surface area contributed by atoms with Gasteiger partial charge in [-0.05, 0) is 122 Å². The van der Waals surface area contributed by atoms with Gasteiger partial charge in [-0.1, -0.05) is 66.7 Å². The maximum atomic E-state index is 14.2. The molecule has 5 saturated carbocycles. The minimum atomic E-state index is -0.347. The number of fused-ring (bicyclic) bond motifs is 4. The summed E-state index contributed by atoms with van der Waals surface area (Å²) in [6.07, 6.45) is 11.1. The SMILES string of the molecule is C[C@H]1[C@@H](OC(=O)c2ccccc2)CC[C@@H]2[C@]1(C)CC[C@H]1[C@@]2(C)CC[C@]23C(=O)O[C@H](C[C@]12C)[C@@]1(C)CCC(C)(C)C[C@H]13. The summed E-state index contributed by atoms with van der Waals surface area (Å²) in [5.41, 5.74) is 1.00. The molecule has 2 bridgehead atoms. The van der Waals surface area contributed by atoms with Gasteiger partial charge in [0.05, 0.1) is 11.0 Å². The molecule has 4 heteroatoms. The van der Waals surface area contributed by atoms with E-state index in [-0.39, 0.29) is 56.6 Å². The van der Waals surface area contributed by atoms with Gasteiger partial charge in [-0.25, -0.2) is 4.79 Å². The van der Waals surface area contributed by atoms with Crippen LogP contribution in [0.2, 0.25) is 0 Å². The molecular weight excluding hydrogens is 508 g/mol. The van der Waals surface area contributed by atoms with Crippen LogP contribution in [0.25, 0.3) is 0 Å². The standard InChI is InChI=1S/C37H52O4/c1-23-25(40-30(38)24-11-9-8-10-12-24)13-14-26-33(23,4)16-15-27-34(26,5)19-20-37-28-21-32(2,3)17-18-35(28,6)29(41-31(37)39)22-36(27,37)7/h8-12,23,25-29H,13-22H2,1-7H3/t23-,25-,26+,27-,28+,29+,33+,34-,35-,36+,37-/m0/s1. The van der Waals surface area contributed by atoms with Gasteiger partial charge in [0.25, 0.3) is 0 Å². The fourth-order valence-electron chi connectivity index (χ4n) is 12.8. The summed E-state index contributed by atoms with van der Waals surface area (Å²) in [4.78, 5) is 27.2. The summed E-state index contributed by atoms with van der Waals surface area (Å²) in [5, 5.41) is 0. The number of benzene rings is 1. The molecule has 7 aliphatic rings. The van der Waals surface area contributed by atoms with Gasteiger partial charge in [0, 0.05) is 5.41 Å². The van der Waals surface area contributed by atoms with E-state index in [1.165, 1.54) is 12.8 Å². The zero-order valence-electron chi connectivity index (χ0n) is 26.6. The fraction of sp³-hybridized carbons (Fsp3) is 0.784. The fourth-order valence-corrected chi connectivity index (χ4v) is 12.8.